The van der Waals surface area contributed by atoms with E-state index in [4.69, 9.17) is 0 Å². The van der Waals surface area contributed by atoms with E-state index < -0.39 is 45.5 Å². The number of nitro benzene ring substituents is 2. The van der Waals surface area contributed by atoms with Gasteiger partial charge in [-0.2, -0.15) is 0 Å². The molecular formula is C32H26N2O8-2. The summed E-state index contributed by atoms with van der Waals surface area (Å²) in [7, 11) is 0. The Balaban J connectivity index is 2.20. The van der Waals surface area contributed by atoms with Crippen molar-refractivity contribution < 1.29 is 29.6 Å². The lowest BCUT2D eigenvalue weighted by Crippen LogP contribution is -2.51. The summed E-state index contributed by atoms with van der Waals surface area (Å²) < 4.78 is 0. The maximum Gasteiger partial charge on any atom is 0.273 e. The molecule has 0 fully saturated rings. The highest BCUT2D eigenvalue weighted by atomic mass is 16.6. The molecule has 0 N–H and O–H groups in total. The molecule has 0 amide bonds. The van der Waals surface area contributed by atoms with E-state index in [1.165, 1.54) is 36.4 Å². The van der Waals surface area contributed by atoms with Crippen molar-refractivity contribution in [3.63, 3.8) is 0 Å². The van der Waals surface area contributed by atoms with Gasteiger partial charge < -0.3 is 19.8 Å². The van der Waals surface area contributed by atoms with Crippen molar-refractivity contribution in [1.29, 1.82) is 0 Å². The maximum absolute atomic E-state index is 13.8. The summed E-state index contributed by atoms with van der Waals surface area (Å²) in [5.41, 5.74) is -2.02. The molecule has 4 aromatic carbocycles. The molecule has 4 rings (SSSR count). The minimum atomic E-state index is -2.16. The van der Waals surface area contributed by atoms with Crippen molar-refractivity contribution in [1.82, 2.24) is 0 Å². The Kier molecular flexibility index (Phi) is 9.06. The van der Waals surface area contributed by atoms with E-state index >= 15 is 0 Å². The first-order chi connectivity index (χ1) is 20.2. The zero-order valence-corrected chi connectivity index (χ0v) is 22.3. The molecule has 0 aliphatic carbocycles. The van der Waals surface area contributed by atoms with E-state index in [9.17, 15) is 40.0 Å². The average molecular weight is 567 g/mol. The van der Waals surface area contributed by atoms with E-state index in [2.05, 4.69) is 0 Å². The van der Waals surface area contributed by atoms with Gasteiger partial charge in [-0.05, 0) is 30.4 Å². The molecule has 42 heavy (non-hydrogen) atoms. The van der Waals surface area contributed by atoms with Crippen LogP contribution in [0.25, 0.3) is 0 Å². The van der Waals surface area contributed by atoms with E-state index in [0.29, 0.717) is 11.1 Å². The van der Waals surface area contributed by atoms with Gasteiger partial charge in [-0.1, -0.05) is 97.1 Å². The van der Waals surface area contributed by atoms with Crippen LogP contribution in [-0.2, 0) is 9.59 Å². The topological polar surface area (TPSA) is 167 Å². The lowest BCUT2D eigenvalue weighted by Gasteiger charge is -2.48. The molecule has 2 atom stereocenters. The van der Waals surface area contributed by atoms with Crippen LogP contribution >= 0.6 is 0 Å². The summed E-state index contributed by atoms with van der Waals surface area (Å²) in [4.78, 5) is 48.7. The third-order valence-electron chi connectivity index (χ3n) is 7.54. The monoisotopic (exact) mass is 566 g/mol. The van der Waals surface area contributed by atoms with Crippen molar-refractivity contribution >= 4 is 23.3 Å². The molecule has 0 saturated carbocycles. The van der Waals surface area contributed by atoms with Gasteiger partial charge in [0.2, 0.25) is 0 Å². The molecule has 2 unspecified atom stereocenters. The lowest BCUT2D eigenvalue weighted by molar-refractivity contribution is -0.386. The van der Waals surface area contributed by atoms with Gasteiger partial charge in [0, 0.05) is 52.4 Å². The van der Waals surface area contributed by atoms with Gasteiger partial charge in [0.25, 0.3) is 11.4 Å². The van der Waals surface area contributed by atoms with Gasteiger partial charge in [0.05, 0.1) is 9.85 Å². The molecule has 10 nitrogen and oxygen atoms in total. The van der Waals surface area contributed by atoms with Crippen molar-refractivity contribution in [3.8, 4) is 0 Å². The molecule has 0 saturated heterocycles. The third kappa shape index (κ3) is 5.87. The largest absolute Gasteiger partial charge is 0.550 e. The Bertz CT molecular complexity index is 1490. The highest BCUT2D eigenvalue weighted by Crippen LogP contribution is 2.58. The van der Waals surface area contributed by atoms with Gasteiger partial charge in [-0.15, -0.1) is 0 Å². The number of aliphatic carboxylic acids is 2. The first-order valence-corrected chi connectivity index (χ1v) is 13.2. The fourth-order valence-electron chi connectivity index (χ4n) is 5.91. The van der Waals surface area contributed by atoms with Gasteiger partial charge in [0.15, 0.2) is 0 Å². The summed E-state index contributed by atoms with van der Waals surface area (Å²) in [5, 5.41) is 49.9. The number of carbonyl (C=O) groups excluding carboxylic acids is 2. The first kappa shape index (κ1) is 29.6. The van der Waals surface area contributed by atoms with Crippen LogP contribution in [0.15, 0.2) is 109 Å². The number of hydrogen-bond donors (Lipinski definition) is 0. The Labute approximate surface area is 241 Å². The second-order valence-corrected chi connectivity index (χ2v) is 9.87. The molecule has 0 radical (unpaired) electrons. The van der Waals surface area contributed by atoms with Crippen LogP contribution in [0.5, 0.6) is 0 Å². The van der Waals surface area contributed by atoms with Crippen LogP contribution in [-0.4, -0.2) is 21.8 Å². The molecule has 0 heterocycles. The second kappa shape index (κ2) is 12.9. The highest BCUT2D eigenvalue weighted by Gasteiger charge is 2.52. The zero-order chi connectivity index (χ0) is 30.3. The number of hydrogen-bond acceptors (Lipinski definition) is 8. The van der Waals surface area contributed by atoms with E-state index in [1.807, 2.05) is 0 Å². The highest BCUT2D eigenvalue weighted by molar-refractivity contribution is 5.79. The molecule has 10 heteroatoms. The minimum Gasteiger partial charge on any atom is -0.550 e. The van der Waals surface area contributed by atoms with Gasteiger partial charge in [-0.3, -0.25) is 20.2 Å². The number of carbonyl (C=O) groups is 2. The number of para-hydroxylation sites is 2. The van der Waals surface area contributed by atoms with Crippen molar-refractivity contribution in [2.24, 2.45) is 5.41 Å². The SMILES string of the molecule is O=C([O-])CCCC(C(=O)[O-])(C(c1ccccc1)c1ccccc1[N+](=O)[O-])C(c1ccccc1)c1ccccc1[N+](=O)[O-]. The van der Waals surface area contributed by atoms with Crippen molar-refractivity contribution in [2.45, 2.75) is 31.1 Å². The van der Waals surface area contributed by atoms with Gasteiger partial charge in [-0.25, -0.2) is 0 Å². The molecule has 0 bridgehead atoms. The molecule has 214 valence electrons. The normalized spacial score (nSPS) is 13.8. The number of rotatable bonds is 13. The molecule has 0 aliphatic heterocycles. The lowest BCUT2D eigenvalue weighted by atomic mass is 9.56. The van der Waals surface area contributed by atoms with Crippen molar-refractivity contribution in [3.05, 3.63) is 152 Å². The number of carboxylic acids is 2. The van der Waals surface area contributed by atoms with Crippen LogP contribution in [0.2, 0.25) is 0 Å². The summed E-state index contributed by atoms with van der Waals surface area (Å²) >= 11 is 0. The Morgan fingerprint density at radius 3 is 1.36 bits per heavy atom. The Morgan fingerprint density at radius 2 is 1.00 bits per heavy atom. The molecule has 0 aromatic heterocycles. The maximum atomic E-state index is 13.8. The van der Waals surface area contributed by atoms with Crippen LogP contribution in [0, 0.1) is 25.6 Å². The predicted molar refractivity (Wildman–Crippen MR) is 149 cm³/mol. The number of carboxylic acid groups (broad SMARTS) is 2. The number of nitrogens with zero attached hydrogens (tertiary/aromatic N) is 2. The standard InChI is InChI=1S/C32H28N2O8/c35-28(36)20-11-21-32(31(37)38,29(22-12-3-1-4-13-22)24-16-7-9-18-26(24)33(39)40)30(23-14-5-2-6-15-23)25-17-8-10-19-27(25)34(41)42/h1-10,12-19,29-30H,11,20-21H2,(H,35,36)(H,37,38)/p-2. The molecule has 0 aliphatic rings. The number of nitro groups is 2. The molecular weight excluding hydrogens is 540 g/mol. The fourth-order valence-corrected chi connectivity index (χ4v) is 5.91. The smallest absolute Gasteiger partial charge is 0.273 e. The third-order valence-corrected chi connectivity index (χ3v) is 7.54. The minimum absolute atomic E-state index is 0.0471. The zero-order valence-electron chi connectivity index (χ0n) is 22.3. The predicted octanol–water partition coefficient (Wildman–Crippen LogP) is 4.12. The number of benzene rings is 4. The molecule has 4 aromatic rings. The van der Waals surface area contributed by atoms with E-state index in [0.717, 1.165) is 0 Å². The average Bonchev–Trinajstić information content (AvgIpc) is 2.98. The summed E-state index contributed by atoms with van der Waals surface area (Å²) in [5.74, 6) is -5.64. The summed E-state index contributed by atoms with van der Waals surface area (Å²) in [6.45, 7) is 0. The van der Waals surface area contributed by atoms with Crippen LogP contribution < -0.4 is 10.2 Å². The van der Waals surface area contributed by atoms with E-state index in [-0.39, 0.29) is 35.3 Å². The Morgan fingerprint density at radius 1 is 0.619 bits per heavy atom. The van der Waals surface area contributed by atoms with Crippen LogP contribution in [0.1, 0.15) is 53.4 Å². The summed E-state index contributed by atoms with van der Waals surface area (Å²) in [6.07, 6.45) is -1.07. The van der Waals surface area contributed by atoms with E-state index in [1.54, 1.807) is 72.8 Å². The fraction of sp³-hybridized carbons (Fsp3) is 0.188. The van der Waals surface area contributed by atoms with Crippen LogP contribution in [0.4, 0.5) is 11.4 Å². The van der Waals surface area contributed by atoms with Crippen LogP contribution in [0.3, 0.4) is 0 Å². The van der Waals surface area contributed by atoms with Gasteiger partial charge in [0.1, 0.15) is 0 Å². The van der Waals surface area contributed by atoms with Crippen molar-refractivity contribution in [2.75, 3.05) is 0 Å². The second-order valence-electron chi connectivity index (χ2n) is 9.87. The first-order valence-electron chi connectivity index (χ1n) is 13.2. The van der Waals surface area contributed by atoms with Gasteiger partial charge >= 0.3 is 0 Å². The quantitative estimate of drug-likeness (QED) is 0.172. The Hall–Kier alpha value is -5.38. The molecule has 0 spiro atoms. The summed E-state index contributed by atoms with van der Waals surface area (Å²) in [6, 6.07) is 27.9.